The highest BCUT2D eigenvalue weighted by atomic mass is 16.2. The summed E-state index contributed by atoms with van der Waals surface area (Å²) >= 11 is 0. The van der Waals surface area contributed by atoms with Crippen LogP contribution in [0.25, 0.3) is 0 Å². The van der Waals surface area contributed by atoms with E-state index in [0.29, 0.717) is 12.2 Å². The molecule has 2 rings (SSSR count). The number of nitrogens with zero attached hydrogens (tertiary/aromatic N) is 1. The first-order chi connectivity index (χ1) is 9.74. The molecule has 0 fully saturated rings. The van der Waals surface area contributed by atoms with Gasteiger partial charge in [0.25, 0.3) is 0 Å². The molecular formula is C13H15N5O2. The van der Waals surface area contributed by atoms with Crippen LogP contribution in [0.3, 0.4) is 0 Å². The van der Waals surface area contributed by atoms with Crippen molar-refractivity contribution < 1.29 is 9.59 Å². The van der Waals surface area contributed by atoms with E-state index in [1.807, 2.05) is 18.2 Å². The summed E-state index contributed by atoms with van der Waals surface area (Å²) in [7, 11) is 0. The molecule has 0 radical (unpaired) electrons. The number of carbonyl (C=O) groups excluding carboxylic acids is 2. The maximum absolute atomic E-state index is 11.5. The number of urea groups is 1. The number of hydrogen-bond acceptors (Lipinski definition) is 3. The number of rotatable bonds is 5. The molecule has 1 aromatic carbocycles. The summed E-state index contributed by atoms with van der Waals surface area (Å²) in [6, 6.07) is 8.58. The van der Waals surface area contributed by atoms with Crippen LogP contribution < -0.4 is 16.0 Å². The highest BCUT2D eigenvalue weighted by Gasteiger charge is 2.05. The van der Waals surface area contributed by atoms with Crippen LogP contribution in [0.4, 0.5) is 10.5 Å². The zero-order valence-corrected chi connectivity index (χ0v) is 10.7. The van der Waals surface area contributed by atoms with Crippen molar-refractivity contribution >= 4 is 17.6 Å². The van der Waals surface area contributed by atoms with Crippen LogP contribution >= 0.6 is 0 Å². The Morgan fingerprint density at radius 1 is 1.15 bits per heavy atom. The summed E-state index contributed by atoms with van der Waals surface area (Å²) in [4.78, 5) is 29.7. The maximum atomic E-state index is 11.5. The number of hydrogen-bond donors (Lipinski definition) is 4. The summed E-state index contributed by atoms with van der Waals surface area (Å²) in [5.41, 5.74) is 1.47. The molecule has 2 aromatic rings. The van der Waals surface area contributed by atoms with E-state index in [1.54, 1.807) is 18.3 Å². The largest absolute Gasteiger partial charge is 0.349 e. The lowest BCUT2D eigenvalue weighted by Gasteiger charge is -2.07. The first kappa shape index (κ1) is 13.6. The second-order valence-electron chi connectivity index (χ2n) is 4.03. The van der Waals surface area contributed by atoms with Crippen molar-refractivity contribution in [3.8, 4) is 0 Å². The smallest absolute Gasteiger partial charge is 0.319 e. The molecule has 0 bridgehead atoms. The molecule has 0 saturated carbocycles. The lowest BCUT2D eigenvalue weighted by Crippen LogP contribution is -2.38. The van der Waals surface area contributed by atoms with Crippen LogP contribution in [0.2, 0.25) is 0 Å². The van der Waals surface area contributed by atoms with Crippen molar-refractivity contribution in [3.63, 3.8) is 0 Å². The fraction of sp³-hybridized carbons (Fsp3) is 0.154. The first-order valence-corrected chi connectivity index (χ1v) is 6.08. The Kier molecular flexibility index (Phi) is 4.71. The summed E-state index contributed by atoms with van der Waals surface area (Å²) < 4.78 is 0. The Hall–Kier alpha value is -2.83. The van der Waals surface area contributed by atoms with Gasteiger partial charge in [-0.25, -0.2) is 9.78 Å². The molecule has 4 N–H and O–H groups in total. The van der Waals surface area contributed by atoms with Gasteiger partial charge in [0.15, 0.2) is 0 Å². The molecule has 0 unspecified atom stereocenters. The molecule has 0 aliphatic carbocycles. The molecular weight excluding hydrogens is 258 g/mol. The average Bonchev–Trinajstić information content (AvgIpc) is 2.97. The Labute approximate surface area is 115 Å². The fourth-order valence-corrected chi connectivity index (χ4v) is 1.50. The number of aromatic nitrogens is 2. The van der Waals surface area contributed by atoms with Crippen LogP contribution in [0.15, 0.2) is 42.9 Å². The van der Waals surface area contributed by atoms with Crippen molar-refractivity contribution in [2.24, 2.45) is 0 Å². The van der Waals surface area contributed by atoms with E-state index >= 15 is 0 Å². The molecule has 3 amide bonds. The van der Waals surface area contributed by atoms with E-state index in [-0.39, 0.29) is 12.5 Å². The van der Waals surface area contributed by atoms with E-state index in [0.717, 1.165) is 5.69 Å². The van der Waals surface area contributed by atoms with Crippen LogP contribution in [0.1, 0.15) is 5.69 Å². The van der Waals surface area contributed by atoms with Crippen LogP contribution in [-0.4, -0.2) is 28.5 Å². The Morgan fingerprint density at radius 3 is 2.65 bits per heavy atom. The van der Waals surface area contributed by atoms with Gasteiger partial charge in [0.05, 0.1) is 25.1 Å². The SMILES string of the molecule is O=C(CNC(=O)Nc1ccccc1)NCc1cnc[nH]1. The van der Waals surface area contributed by atoms with Gasteiger partial charge in [0.2, 0.25) is 5.91 Å². The summed E-state index contributed by atoms with van der Waals surface area (Å²) in [5, 5.41) is 7.75. The molecule has 1 heterocycles. The van der Waals surface area contributed by atoms with Crippen molar-refractivity contribution in [1.82, 2.24) is 20.6 Å². The molecule has 0 saturated heterocycles. The number of anilines is 1. The molecule has 7 heteroatoms. The number of amides is 3. The van der Waals surface area contributed by atoms with Gasteiger partial charge in [-0.05, 0) is 12.1 Å². The third-order valence-corrected chi connectivity index (χ3v) is 2.47. The van der Waals surface area contributed by atoms with Crippen molar-refractivity contribution in [3.05, 3.63) is 48.5 Å². The molecule has 0 atom stereocenters. The molecule has 0 spiro atoms. The van der Waals surface area contributed by atoms with Crippen LogP contribution in [0.5, 0.6) is 0 Å². The van der Waals surface area contributed by atoms with E-state index < -0.39 is 6.03 Å². The Morgan fingerprint density at radius 2 is 1.95 bits per heavy atom. The topological polar surface area (TPSA) is 98.9 Å². The molecule has 1 aromatic heterocycles. The number of benzene rings is 1. The minimum Gasteiger partial charge on any atom is -0.349 e. The quantitative estimate of drug-likeness (QED) is 0.650. The predicted octanol–water partition coefficient (Wildman–Crippen LogP) is 0.848. The van der Waals surface area contributed by atoms with Crippen LogP contribution in [-0.2, 0) is 11.3 Å². The molecule has 7 nitrogen and oxygen atoms in total. The van der Waals surface area contributed by atoms with E-state index in [2.05, 4.69) is 25.9 Å². The third kappa shape index (κ3) is 4.45. The van der Waals surface area contributed by atoms with Crippen molar-refractivity contribution in [2.75, 3.05) is 11.9 Å². The molecule has 0 aliphatic heterocycles. The van der Waals surface area contributed by atoms with E-state index in [1.165, 1.54) is 6.33 Å². The van der Waals surface area contributed by atoms with Gasteiger partial charge < -0.3 is 20.9 Å². The Bertz CT molecular complexity index is 553. The zero-order valence-electron chi connectivity index (χ0n) is 10.7. The lowest BCUT2D eigenvalue weighted by molar-refractivity contribution is -0.120. The third-order valence-electron chi connectivity index (χ3n) is 2.47. The van der Waals surface area contributed by atoms with E-state index in [9.17, 15) is 9.59 Å². The average molecular weight is 273 g/mol. The standard InChI is InChI=1S/C13H15N5O2/c19-12(15-7-11-6-14-9-17-11)8-16-13(20)18-10-4-2-1-3-5-10/h1-6,9H,7-8H2,(H,14,17)(H,15,19)(H2,16,18,20). The van der Waals surface area contributed by atoms with Gasteiger partial charge in [0.1, 0.15) is 0 Å². The number of imidazole rings is 1. The van der Waals surface area contributed by atoms with Crippen molar-refractivity contribution in [2.45, 2.75) is 6.54 Å². The fourth-order valence-electron chi connectivity index (χ4n) is 1.50. The molecule has 20 heavy (non-hydrogen) atoms. The molecule has 0 aliphatic rings. The highest BCUT2D eigenvalue weighted by Crippen LogP contribution is 2.03. The number of H-pyrrole nitrogens is 1. The summed E-state index contributed by atoms with van der Waals surface area (Å²) in [5.74, 6) is -0.275. The maximum Gasteiger partial charge on any atom is 0.319 e. The second-order valence-corrected chi connectivity index (χ2v) is 4.03. The first-order valence-electron chi connectivity index (χ1n) is 6.08. The minimum atomic E-state index is -0.423. The predicted molar refractivity (Wildman–Crippen MR) is 73.9 cm³/mol. The Balaban J connectivity index is 1.66. The van der Waals surface area contributed by atoms with Gasteiger partial charge in [-0.2, -0.15) is 0 Å². The van der Waals surface area contributed by atoms with Gasteiger partial charge in [-0.15, -0.1) is 0 Å². The second kappa shape index (κ2) is 6.93. The zero-order chi connectivity index (χ0) is 14.2. The summed E-state index contributed by atoms with van der Waals surface area (Å²) in [6.07, 6.45) is 3.16. The van der Waals surface area contributed by atoms with Crippen LogP contribution in [0, 0.1) is 0 Å². The highest BCUT2D eigenvalue weighted by molar-refractivity contribution is 5.92. The van der Waals surface area contributed by atoms with Gasteiger partial charge in [0, 0.05) is 11.9 Å². The minimum absolute atomic E-state index is 0.0905. The summed E-state index contributed by atoms with van der Waals surface area (Å²) in [6.45, 7) is 0.258. The number of carbonyl (C=O) groups is 2. The number of aromatic amines is 1. The molecule has 104 valence electrons. The van der Waals surface area contributed by atoms with E-state index in [4.69, 9.17) is 0 Å². The van der Waals surface area contributed by atoms with Gasteiger partial charge in [-0.1, -0.05) is 18.2 Å². The normalized spacial score (nSPS) is 9.80. The monoisotopic (exact) mass is 273 g/mol. The lowest BCUT2D eigenvalue weighted by atomic mass is 10.3. The van der Waals surface area contributed by atoms with Gasteiger partial charge in [-0.3, -0.25) is 4.79 Å². The van der Waals surface area contributed by atoms with Gasteiger partial charge >= 0.3 is 6.03 Å². The van der Waals surface area contributed by atoms with Crippen molar-refractivity contribution in [1.29, 1.82) is 0 Å². The number of para-hydroxylation sites is 1. The number of nitrogens with one attached hydrogen (secondary N) is 4.